The molecule has 1 aromatic rings. The molecule has 0 N–H and O–H groups in total. The lowest BCUT2D eigenvalue weighted by Crippen LogP contribution is -2.12. The summed E-state index contributed by atoms with van der Waals surface area (Å²) in [4.78, 5) is 0. The van der Waals surface area contributed by atoms with Crippen LogP contribution in [0.4, 0.5) is 0 Å². The van der Waals surface area contributed by atoms with E-state index in [4.69, 9.17) is 16.3 Å². The number of ether oxygens (including phenoxy) is 1. The van der Waals surface area contributed by atoms with E-state index in [9.17, 15) is 0 Å². The Morgan fingerprint density at radius 3 is 2.42 bits per heavy atom. The van der Waals surface area contributed by atoms with Gasteiger partial charge in [-0.15, -0.1) is 11.6 Å². The van der Waals surface area contributed by atoms with Gasteiger partial charge in [0, 0.05) is 0 Å². The lowest BCUT2D eigenvalue weighted by molar-refractivity contribution is 0.245. The monoisotopic (exact) mass is 184 g/mol. The fraction of sp³-hybridized carbons (Fsp3) is 0.400. The highest BCUT2D eigenvalue weighted by Crippen LogP contribution is 2.13. The van der Waals surface area contributed by atoms with Gasteiger partial charge in [0.15, 0.2) is 0 Å². The number of hydrogen-bond acceptors (Lipinski definition) is 1. The second kappa shape index (κ2) is 4.36. The summed E-state index contributed by atoms with van der Waals surface area (Å²) in [5.74, 6) is 1.40. The molecule has 0 spiro atoms. The molecule has 0 heterocycles. The summed E-state index contributed by atoms with van der Waals surface area (Å²) in [6, 6.07) is 7.96. The van der Waals surface area contributed by atoms with Crippen molar-refractivity contribution in [3.63, 3.8) is 0 Å². The first-order valence-corrected chi connectivity index (χ1v) is 4.55. The van der Waals surface area contributed by atoms with Crippen LogP contribution >= 0.6 is 11.6 Å². The Labute approximate surface area is 78.3 Å². The summed E-state index contributed by atoms with van der Waals surface area (Å²) in [6.45, 7) is 4.00. The zero-order valence-corrected chi connectivity index (χ0v) is 8.14. The van der Waals surface area contributed by atoms with Crippen LogP contribution in [-0.4, -0.2) is 12.0 Å². The van der Waals surface area contributed by atoms with Crippen LogP contribution < -0.4 is 4.74 Å². The number of halogens is 1. The predicted molar refractivity (Wildman–Crippen MR) is 52.0 cm³/mol. The summed E-state index contributed by atoms with van der Waals surface area (Å²) in [5, 5.41) is 0. The molecule has 0 aliphatic rings. The van der Waals surface area contributed by atoms with Crippen LogP contribution in [0.15, 0.2) is 24.3 Å². The van der Waals surface area contributed by atoms with E-state index in [0.29, 0.717) is 5.88 Å². The van der Waals surface area contributed by atoms with Crippen molar-refractivity contribution in [3.05, 3.63) is 29.8 Å². The summed E-state index contributed by atoms with van der Waals surface area (Å²) in [5.41, 5.74) is 1.24. The third kappa shape index (κ3) is 2.74. The maximum absolute atomic E-state index is 5.61. The number of aryl methyl sites for hydroxylation is 1. The summed E-state index contributed by atoms with van der Waals surface area (Å²) >= 11 is 5.61. The fourth-order valence-corrected chi connectivity index (χ4v) is 0.944. The van der Waals surface area contributed by atoms with E-state index in [2.05, 4.69) is 6.92 Å². The van der Waals surface area contributed by atoms with Crippen molar-refractivity contribution < 1.29 is 4.74 Å². The van der Waals surface area contributed by atoms with Gasteiger partial charge in [0.05, 0.1) is 5.88 Å². The first-order valence-electron chi connectivity index (χ1n) is 4.01. The van der Waals surface area contributed by atoms with Gasteiger partial charge in [-0.1, -0.05) is 17.7 Å². The van der Waals surface area contributed by atoms with E-state index in [1.807, 2.05) is 31.2 Å². The number of alkyl halides is 1. The van der Waals surface area contributed by atoms with Gasteiger partial charge in [0.1, 0.15) is 11.9 Å². The molecule has 0 amide bonds. The van der Waals surface area contributed by atoms with E-state index >= 15 is 0 Å². The van der Waals surface area contributed by atoms with Crippen molar-refractivity contribution in [1.29, 1.82) is 0 Å². The van der Waals surface area contributed by atoms with Gasteiger partial charge in [-0.2, -0.15) is 0 Å². The van der Waals surface area contributed by atoms with E-state index in [-0.39, 0.29) is 6.10 Å². The van der Waals surface area contributed by atoms with E-state index in [1.54, 1.807) is 0 Å². The fourth-order valence-electron chi connectivity index (χ4n) is 0.881. The highest BCUT2D eigenvalue weighted by Gasteiger charge is 2.00. The van der Waals surface area contributed by atoms with Crippen LogP contribution in [0, 0.1) is 6.92 Å². The average Bonchev–Trinajstić information content (AvgIpc) is 2.09. The zero-order valence-electron chi connectivity index (χ0n) is 7.38. The average molecular weight is 185 g/mol. The van der Waals surface area contributed by atoms with E-state index in [0.717, 1.165) is 5.75 Å². The Morgan fingerprint density at radius 1 is 1.33 bits per heavy atom. The molecule has 0 radical (unpaired) electrons. The Morgan fingerprint density at radius 2 is 1.92 bits per heavy atom. The minimum absolute atomic E-state index is 0.0781. The van der Waals surface area contributed by atoms with Crippen LogP contribution in [0.3, 0.4) is 0 Å². The van der Waals surface area contributed by atoms with Gasteiger partial charge in [0.25, 0.3) is 0 Å². The van der Waals surface area contributed by atoms with E-state index in [1.165, 1.54) is 5.56 Å². The maximum atomic E-state index is 5.61. The third-order valence-electron chi connectivity index (χ3n) is 1.58. The molecule has 1 atom stereocenters. The Balaban J connectivity index is 2.58. The van der Waals surface area contributed by atoms with Crippen LogP contribution in [0.25, 0.3) is 0 Å². The molecule has 12 heavy (non-hydrogen) atoms. The van der Waals surface area contributed by atoms with Crippen molar-refractivity contribution in [2.75, 3.05) is 5.88 Å². The molecule has 1 unspecified atom stereocenters. The minimum Gasteiger partial charge on any atom is -0.489 e. The Kier molecular flexibility index (Phi) is 3.42. The van der Waals surface area contributed by atoms with Crippen molar-refractivity contribution >= 4 is 11.6 Å². The Bertz CT molecular complexity index is 230. The molecule has 0 bridgehead atoms. The lowest BCUT2D eigenvalue weighted by atomic mass is 10.2. The normalized spacial score (nSPS) is 12.6. The summed E-state index contributed by atoms with van der Waals surface area (Å²) in [7, 11) is 0. The molecule has 0 aliphatic heterocycles. The highest BCUT2D eigenvalue weighted by molar-refractivity contribution is 6.18. The highest BCUT2D eigenvalue weighted by atomic mass is 35.5. The molecule has 1 nitrogen and oxygen atoms in total. The standard InChI is InChI=1S/C10H13ClO/c1-8-3-5-10(6-4-8)12-9(2)7-11/h3-6,9H,7H2,1-2H3. The zero-order chi connectivity index (χ0) is 8.97. The largest absolute Gasteiger partial charge is 0.489 e. The number of benzene rings is 1. The molecular weight excluding hydrogens is 172 g/mol. The topological polar surface area (TPSA) is 9.23 Å². The van der Waals surface area contributed by atoms with Gasteiger partial charge in [0.2, 0.25) is 0 Å². The van der Waals surface area contributed by atoms with E-state index < -0.39 is 0 Å². The van der Waals surface area contributed by atoms with Crippen molar-refractivity contribution in [2.24, 2.45) is 0 Å². The lowest BCUT2D eigenvalue weighted by Gasteiger charge is -2.11. The third-order valence-corrected chi connectivity index (χ3v) is 2.01. The molecule has 0 saturated carbocycles. The molecule has 66 valence electrons. The van der Waals surface area contributed by atoms with Crippen LogP contribution in [0.5, 0.6) is 5.75 Å². The smallest absolute Gasteiger partial charge is 0.119 e. The molecule has 0 aliphatic carbocycles. The maximum Gasteiger partial charge on any atom is 0.119 e. The summed E-state index contributed by atoms with van der Waals surface area (Å²) in [6.07, 6.45) is 0.0781. The molecule has 1 rings (SSSR count). The molecule has 2 heteroatoms. The van der Waals surface area contributed by atoms with Crippen molar-refractivity contribution in [3.8, 4) is 5.75 Å². The first-order chi connectivity index (χ1) is 5.72. The van der Waals surface area contributed by atoms with Crippen molar-refractivity contribution in [1.82, 2.24) is 0 Å². The molecule has 0 aromatic heterocycles. The molecule has 0 fully saturated rings. The quantitative estimate of drug-likeness (QED) is 0.657. The van der Waals surface area contributed by atoms with Gasteiger partial charge in [-0.05, 0) is 26.0 Å². The van der Waals surface area contributed by atoms with Gasteiger partial charge in [-0.25, -0.2) is 0 Å². The molecule has 1 aromatic carbocycles. The van der Waals surface area contributed by atoms with Gasteiger partial charge >= 0.3 is 0 Å². The molecular formula is C10H13ClO. The number of hydrogen-bond donors (Lipinski definition) is 0. The second-order valence-electron chi connectivity index (χ2n) is 2.90. The Hall–Kier alpha value is -0.690. The second-order valence-corrected chi connectivity index (χ2v) is 3.20. The SMILES string of the molecule is Cc1ccc(OC(C)CCl)cc1. The van der Waals surface area contributed by atoms with Crippen molar-refractivity contribution in [2.45, 2.75) is 20.0 Å². The molecule has 0 saturated heterocycles. The van der Waals surface area contributed by atoms with Crippen LogP contribution in [-0.2, 0) is 0 Å². The predicted octanol–water partition coefficient (Wildman–Crippen LogP) is 3.00. The summed E-state index contributed by atoms with van der Waals surface area (Å²) < 4.78 is 5.49. The van der Waals surface area contributed by atoms with Crippen LogP contribution in [0.1, 0.15) is 12.5 Å². The number of rotatable bonds is 3. The van der Waals surface area contributed by atoms with Gasteiger partial charge in [-0.3, -0.25) is 0 Å². The van der Waals surface area contributed by atoms with Crippen LogP contribution in [0.2, 0.25) is 0 Å². The van der Waals surface area contributed by atoms with Gasteiger partial charge < -0.3 is 4.74 Å². The minimum atomic E-state index is 0.0781. The first kappa shape index (κ1) is 9.40.